The summed E-state index contributed by atoms with van der Waals surface area (Å²) in [6.07, 6.45) is 10.6. The Bertz CT molecular complexity index is 856. The van der Waals surface area contributed by atoms with Crippen LogP contribution in [0.3, 0.4) is 0 Å². The molecule has 2 aromatic rings. The minimum atomic E-state index is 0.0691. The number of unbranched alkanes of at least 4 members (excludes halogenated alkanes) is 1. The van der Waals surface area contributed by atoms with Crippen molar-refractivity contribution in [2.75, 3.05) is 39.3 Å². The Kier molecular flexibility index (Phi) is 7.51. The van der Waals surface area contributed by atoms with E-state index in [9.17, 15) is 4.79 Å². The highest BCUT2D eigenvalue weighted by Gasteiger charge is 2.29. The van der Waals surface area contributed by atoms with Crippen LogP contribution in [0.25, 0.3) is 5.69 Å². The monoisotopic (exact) mass is 426 g/mol. The zero-order valence-electron chi connectivity index (χ0n) is 19.2. The van der Waals surface area contributed by atoms with Crippen LogP contribution < -0.4 is 10.4 Å². The molecule has 0 amide bonds. The number of hydrogen-bond acceptors (Lipinski definition) is 4. The van der Waals surface area contributed by atoms with Gasteiger partial charge in [-0.05, 0) is 62.9 Å². The number of rotatable bonds is 8. The van der Waals surface area contributed by atoms with Crippen LogP contribution in [0.1, 0.15) is 58.4 Å². The van der Waals surface area contributed by atoms with Gasteiger partial charge in [0.2, 0.25) is 0 Å². The van der Waals surface area contributed by atoms with Gasteiger partial charge in [0.25, 0.3) is 0 Å². The molecule has 2 heterocycles. The van der Waals surface area contributed by atoms with Crippen LogP contribution in [0.15, 0.2) is 41.5 Å². The van der Waals surface area contributed by atoms with Crippen molar-refractivity contribution in [1.29, 1.82) is 0 Å². The van der Waals surface area contributed by atoms with E-state index >= 15 is 0 Å². The predicted octanol–water partition coefficient (Wildman–Crippen LogP) is 3.94. The zero-order valence-corrected chi connectivity index (χ0v) is 19.2. The summed E-state index contributed by atoms with van der Waals surface area (Å²) in [5, 5.41) is 0. The molecule has 0 radical (unpaired) electrons. The van der Waals surface area contributed by atoms with Gasteiger partial charge in [-0.2, -0.15) is 0 Å². The quantitative estimate of drug-likeness (QED) is 0.600. The van der Waals surface area contributed by atoms with Gasteiger partial charge >= 0.3 is 5.69 Å². The molecule has 1 aliphatic carbocycles. The van der Waals surface area contributed by atoms with Crippen LogP contribution in [-0.2, 0) is 0 Å². The van der Waals surface area contributed by atoms with E-state index in [1.165, 1.54) is 39.0 Å². The highest BCUT2D eigenvalue weighted by Crippen LogP contribution is 2.31. The molecule has 170 valence electrons. The number of hydrogen-bond donors (Lipinski definition) is 0. The average Bonchev–Trinajstić information content (AvgIpc) is 3.21. The van der Waals surface area contributed by atoms with Crippen molar-refractivity contribution >= 4 is 0 Å². The average molecular weight is 427 g/mol. The number of benzene rings is 1. The summed E-state index contributed by atoms with van der Waals surface area (Å²) >= 11 is 0. The van der Waals surface area contributed by atoms with Gasteiger partial charge in [0, 0.05) is 50.7 Å². The molecular weight excluding hydrogens is 388 g/mol. The molecule has 4 rings (SSSR count). The number of likely N-dealkylation sites (N-methyl/N-ethyl adjacent to an activating group) is 1. The molecule has 1 aromatic heterocycles. The highest BCUT2D eigenvalue weighted by atomic mass is 16.5. The molecular formula is C25H38N4O2. The van der Waals surface area contributed by atoms with Gasteiger partial charge in [0.05, 0.1) is 12.3 Å². The largest absolute Gasteiger partial charge is 0.494 e. The van der Waals surface area contributed by atoms with Gasteiger partial charge in [-0.15, -0.1) is 0 Å². The maximum Gasteiger partial charge on any atom is 0.332 e. The standard InChI is InChI=1S/C25H38N4O2/c1-3-5-20-31-24-12-10-23(11-13-24)29-19-18-28(25(29)30)22-8-6-21(7-9-22)27-16-14-26(4-2)15-17-27/h10-13,18-19,21-22H,3-9,14-17,20H2,1-2H3. The van der Waals surface area contributed by atoms with E-state index in [4.69, 9.17) is 4.74 Å². The molecule has 0 spiro atoms. The van der Waals surface area contributed by atoms with Gasteiger partial charge in [-0.3, -0.25) is 14.0 Å². The molecule has 2 fully saturated rings. The highest BCUT2D eigenvalue weighted by molar-refractivity contribution is 5.37. The summed E-state index contributed by atoms with van der Waals surface area (Å²) in [6, 6.07) is 8.86. The Morgan fingerprint density at radius 3 is 2.23 bits per heavy atom. The fourth-order valence-corrected chi connectivity index (χ4v) is 5.05. The summed E-state index contributed by atoms with van der Waals surface area (Å²) in [5.41, 5.74) is 0.966. The topological polar surface area (TPSA) is 42.6 Å². The van der Waals surface area contributed by atoms with E-state index in [2.05, 4.69) is 23.6 Å². The van der Waals surface area contributed by atoms with E-state index in [-0.39, 0.29) is 5.69 Å². The fourth-order valence-electron chi connectivity index (χ4n) is 5.05. The van der Waals surface area contributed by atoms with Crippen molar-refractivity contribution in [3.63, 3.8) is 0 Å². The van der Waals surface area contributed by atoms with E-state index < -0.39 is 0 Å². The van der Waals surface area contributed by atoms with Crippen molar-refractivity contribution in [2.24, 2.45) is 0 Å². The number of imidazole rings is 1. The Balaban J connectivity index is 1.34. The Morgan fingerprint density at radius 2 is 1.58 bits per heavy atom. The summed E-state index contributed by atoms with van der Waals surface area (Å²) in [5.74, 6) is 0.864. The van der Waals surface area contributed by atoms with Crippen molar-refractivity contribution in [3.05, 3.63) is 47.1 Å². The third-order valence-electron chi connectivity index (χ3n) is 7.11. The predicted molar refractivity (Wildman–Crippen MR) is 125 cm³/mol. The minimum Gasteiger partial charge on any atom is -0.494 e. The van der Waals surface area contributed by atoms with Crippen LogP contribution in [0.5, 0.6) is 5.75 Å². The number of nitrogens with zero attached hydrogens (tertiary/aromatic N) is 4. The van der Waals surface area contributed by atoms with Crippen molar-refractivity contribution in [3.8, 4) is 11.4 Å². The maximum absolute atomic E-state index is 13.1. The van der Waals surface area contributed by atoms with E-state index in [0.717, 1.165) is 50.3 Å². The summed E-state index contributed by atoms with van der Waals surface area (Å²) in [4.78, 5) is 18.3. The van der Waals surface area contributed by atoms with Gasteiger partial charge in [-0.25, -0.2) is 4.79 Å². The second-order valence-electron chi connectivity index (χ2n) is 8.99. The molecule has 2 aliphatic rings. The molecule has 0 atom stereocenters. The SMILES string of the molecule is CCCCOc1ccc(-n2ccn(C3CCC(N4CCN(CC)CC4)CC3)c2=O)cc1. The Morgan fingerprint density at radius 1 is 0.903 bits per heavy atom. The van der Waals surface area contributed by atoms with E-state index in [0.29, 0.717) is 12.1 Å². The minimum absolute atomic E-state index is 0.0691. The lowest BCUT2D eigenvalue weighted by Crippen LogP contribution is -2.51. The lowest BCUT2D eigenvalue weighted by atomic mass is 9.89. The maximum atomic E-state index is 13.1. The van der Waals surface area contributed by atoms with Gasteiger partial charge in [0.15, 0.2) is 0 Å². The number of aromatic nitrogens is 2. The Hall–Kier alpha value is -2.05. The van der Waals surface area contributed by atoms with Crippen molar-refractivity contribution in [2.45, 2.75) is 64.5 Å². The van der Waals surface area contributed by atoms with E-state index in [1.54, 1.807) is 4.57 Å². The van der Waals surface area contributed by atoms with Crippen LogP contribution in [0.2, 0.25) is 0 Å². The number of ether oxygens (including phenoxy) is 1. The molecule has 1 saturated carbocycles. The molecule has 1 aromatic carbocycles. The summed E-state index contributed by atoms with van der Waals surface area (Å²) in [7, 11) is 0. The smallest absolute Gasteiger partial charge is 0.332 e. The zero-order chi connectivity index (χ0) is 21.6. The second-order valence-corrected chi connectivity index (χ2v) is 8.99. The van der Waals surface area contributed by atoms with Crippen LogP contribution in [0, 0.1) is 0 Å². The van der Waals surface area contributed by atoms with E-state index in [1.807, 2.05) is 41.2 Å². The lowest BCUT2D eigenvalue weighted by Gasteiger charge is -2.41. The molecule has 1 aliphatic heterocycles. The van der Waals surface area contributed by atoms with Crippen LogP contribution in [-0.4, -0.2) is 64.3 Å². The summed E-state index contributed by atoms with van der Waals surface area (Å²) in [6.45, 7) is 11.1. The van der Waals surface area contributed by atoms with Gasteiger partial charge in [-0.1, -0.05) is 20.3 Å². The summed E-state index contributed by atoms with van der Waals surface area (Å²) < 4.78 is 9.45. The molecule has 0 unspecified atom stereocenters. The fraction of sp³-hybridized carbons (Fsp3) is 0.640. The molecule has 6 nitrogen and oxygen atoms in total. The van der Waals surface area contributed by atoms with Gasteiger partial charge < -0.3 is 9.64 Å². The molecule has 6 heteroatoms. The molecule has 31 heavy (non-hydrogen) atoms. The number of piperazine rings is 1. The third kappa shape index (κ3) is 5.24. The van der Waals surface area contributed by atoms with Crippen LogP contribution >= 0.6 is 0 Å². The third-order valence-corrected chi connectivity index (χ3v) is 7.11. The lowest BCUT2D eigenvalue weighted by molar-refractivity contribution is 0.0736. The first-order valence-corrected chi connectivity index (χ1v) is 12.2. The van der Waals surface area contributed by atoms with Crippen molar-refractivity contribution in [1.82, 2.24) is 18.9 Å². The molecule has 0 bridgehead atoms. The first-order chi connectivity index (χ1) is 15.2. The second kappa shape index (κ2) is 10.5. The Labute approximate surface area is 186 Å². The molecule has 1 saturated heterocycles. The first kappa shape index (κ1) is 22.2. The van der Waals surface area contributed by atoms with Crippen LogP contribution in [0.4, 0.5) is 0 Å². The van der Waals surface area contributed by atoms with Crippen molar-refractivity contribution < 1.29 is 4.74 Å². The van der Waals surface area contributed by atoms with Gasteiger partial charge in [0.1, 0.15) is 5.75 Å². The first-order valence-electron chi connectivity index (χ1n) is 12.2. The normalized spacial score (nSPS) is 23.2. The molecule has 0 N–H and O–H groups in total.